The average molecular weight is 430 g/mol. The van der Waals surface area contributed by atoms with Crippen LogP contribution >= 0.6 is 0 Å². The van der Waals surface area contributed by atoms with Crippen molar-refractivity contribution in [2.45, 2.75) is 96.9 Å². The van der Waals surface area contributed by atoms with Crippen molar-refractivity contribution in [1.82, 2.24) is 4.90 Å². The van der Waals surface area contributed by atoms with Gasteiger partial charge < -0.3 is 14.4 Å². The minimum absolute atomic E-state index is 0.105. The molecule has 8 unspecified atom stereocenters. The predicted octanol–water partition coefficient (Wildman–Crippen LogP) is 6.09. The smallest absolute Gasteiger partial charge is 0.412 e. The summed E-state index contributed by atoms with van der Waals surface area (Å²) in [5, 5.41) is 0. The second kappa shape index (κ2) is 8.22. The van der Waals surface area contributed by atoms with E-state index in [0.29, 0.717) is 17.9 Å². The lowest BCUT2D eigenvalue weighted by atomic mass is 9.59. The molecule has 4 heteroatoms. The maximum atomic E-state index is 13.3. The molecular weight excluding hydrogens is 386 g/mol. The molecule has 6 aliphatic rings. The van der Waals surface area contributed by atoms with Crippen LogP contribution in [0, 0.1) is 53.3 Å². The van der Waals surface area contributed by atoms with E-state index in [-0.39, 0.29) is 18.3 Å². The van der Waals surface area contributed by atoms with Crippen LogP contribution in [0.15, 0.2) is 0 Å². The van der Waals surface area contributed by atoms with Crippen LogP contribution in [0.1, 0.15) is 84.5 Å². The first-order valence-electron chi connectivity index (χ1n) is 13.7. The Balaban J connectivity index is 1.09. The highest BCUT2D eigenvalue weighted by molar-refractivity contribution is 5.68. The fourth-order valence-electron chi connectivity index (χ4n) is 9.40. The number of carbonyl (C=O) groups is 1. The summed E-state index contributed by atoms with van der Waals surface area (Å²) in [5.74, 6) is 6.86. The van der Waals surface area contributed by atoms with Crippen molar-refractivity contribution in [3.05, 3.63) is 0 Å². The highest BCUT2D eigenvalue weighted by Crippen LogP contribution is 2.59. The molecule has 4 nitrogen and oxygen atoms in total. The van der Waals surface area contributed by atoms with E-state index in [2.05, 4.69) is 18.7 Å². The summed E-state index contributed by atoms with van der Waals surface area (Å²) >= 11 is 0. The number of rotatable bonds is 4. The highest BCUT2D eigenvalue weighted by Gasteiger charge is 2.55. The van der Waals surface area contributed by atoms with Gasteiger partial charge in [-0.25, -0.2) is 4.79 Å². The highest BCUT2D eigenvalue weighted by atomic mass is 16.7. The number of carbonyl (C=O) groups excluding carboxylic acids is 1. The number of hydrogen-bond acceptors (Lipinski definition) is 3. The standard InChI is InChI=1S/C27H43NO3/c1-16(2)26(30-24-13-20-12-23(24)22-11-5-10-21(20)22)31-27(29)28-14-18-8-3-6-17-7-4-9-19(15-28)25(17)18/h16-26H,3-15H2,1-2H3. The number of fused-ring (bicyclic) bond motifs is 5. The monoisotopic (exact) mass is 429 g/mol. The maximum absolute atomic E-state index is 13.3. The molecule has 0 radical (unpaired) electrons. The van der Waals surface area contributed by atoms with Gasteiger partial charge in [0.2, 0.25) is 6.29 Å². The van der Waals surface area contributed by atoms with E-state index in [0.717, 1.165) is 48.6 Å². The van der Waals surface area contributed by atoms with Gasteiger partial charge in [0, 0.05) is 19.0 Å². The predicted molar refractivity (Wildman–Crippen MR) is 120 cm³/mol. The Labute approximate surface area is 188 Å². The van der Waals surface area contributed by atoms with E-state index in [4.69, 9.17) is 9.47 Å². The third-order valence-electron chi connectivity index (χ3n) is 10.5. The Morgan fingerprint density at radius 2 is 1.42 bits per heavy atom. The third kappa shape index (κ3) is 3.63. The first-order chi connectivity index (χ1) is 15.1. The molecule has 6 fully saturated rings. The minimum Gasteiger partial charge on any atom is -0.419 e. The third-order valence-corrected chi connectivity index (χ3v) is 10.5. The molecule has 5 aliphatic carbocycles. The molecular formula is C27H43NO3. The van der Waals surface area contributed by atoms with Crippen LogP contribution in [-0.2, 0) is 9.47 Å². The molecule has 6 rings (SSSR count). The Bertz CT molecular complexity index is 659. The molecule has 8 atom stereocenters. The Morgan fingerprint density at radius 1 is 0.774 bits per heavy atom. The van der Waals surface area contributed by atoms with Gasteiger partial charge in [-0.1, -0.05) is 46.0 Å². The van der Waals surface area contributed by atoms with Gasteiger partial charge in [-0.05, 0) is 85.9 Å². The molecule has 1 saturated heterocycles. The van der Waals surface area contributed by atoms with Crippen LogP contribution in [0.5, 0.6) is 0 Å². The molecule has 0 aromatic rings. The van der Waals surface area contributed by atoms with Crippen LogP contribution in [0.25, 0.3) is 0 Å². The lowest BCUT2D eigenvalue weighted by Crippen LogP contribution is -2.54. The van der Waals surface area contributed by atoms with Crippen LogP contribution in [0.4, 0.5) is 4.79 Å². The van der Waals surface area contributed by atoms with Gasteiger partial charge in [-0.2, -0.15) is 0 Å². The van der Waals surface area contributed by atoms with Crippen LogP contribution in [0.2, 0.25) is 0 Å². The lowest BCUT2D eigenvalue weighted by Gasteiger charge is -2.52. The largest absolute Gasteiger partial charge is 0.419 e. The minimum atomic E-state index is -0.389. The Kier molecular flexibility index (Phi) is 5.52. The molecule has 1 heterocycles. The molecule has 0 aromatic heterocycles. The SMILES string of the molecule is CC(C)C(OC(=O)N1CC2CCCC3CCCC(C1)C32)OC1CC2CC1C1CCCC21. The maximum Gasteiger partial charge on any atom is 0.412 e. The molecule has 0 N–H and O–H groups in total. The first-order valence-corrected chi connectivity index (χ1v) is 13.7. The zero-order valence-electron chi connectivity index (χ0n) is 19.7. The molecule has 1 amide bonds. The zero-order chi connectivity index (χ0) is 21.1. The molecule has 0 spiro atoms. The van der Waals surface area contributed by atoms with Crippen molar-refractivity contribution in [2.75, 3.05) is 13.1 Å². The second-order valence-electron chi connectivity index (χ2n) is 12.4. The fourth-order valence-corrected chi connectivity index (χ4v) is 9.40. The van der Waals surface area contributed by atoms with Gasteiger partial charge in [-0.3, -0.25) is 0 Å². The van der Waals surface area contributed by atoms with Crippen LogP contribution < -0.4 is 0 Å². The molecule has 5 saturated carbocycles. The second-order valence-corrected chi connectivity index (χ2v) is 12.4. The van der Waals surface area contributed by atoms with E-state index in [1.54, 1.807) is 0 Å². The van der Waals surface area contributed by atoms with Gasteiger partial charge >= 0.3 is 6.09 Å². The normalized spacial score (nSPS) is 46.7. The van der Waals surface area contributed by atoms with Crippen molar-refractivity contribution in [3.63, 3.8) is 0 Å². The fraction of sp³-hybridized carbons (Fsp3) is 0.963. The summed E-state index contributed by atoms with van der Waals surface area (Å²) < 4.78 is 12.7. The van der Waals surface area contributed by atoms with Gasteiger partial charge in [0.15, 0.2) is 0 Å². The van der Waals surface area contributed by atoms with Crippen molar-refractivity contribution < 1.29 is 14.3 Å². The summed E-state index contributed by atoms with van der Waals surface area (Å²) in [6.07, 6.45) is 14.8. The van der Waals surface area contributed by atoms with Crippen molar-refractivity contribution in [2.24, 2.45) is 53.3 Å². The van der Waals surface area contributed by atoms with E-state index < -0.39 is 0 Å². The Hall–Kier alpha value is -0.770. The molecule has 0 aromatic carbocycles. The number of nitrogens with zero attached hydrogens (tertiary/aromatic N) is 1. The number of likely N-dealkylation sites (tertiary alicyclic amines) is 1. The van der Waals surface area contributed by atoms with Gasteiger partial charge in [0.25, 0.3) is 0 Å². The van der Waals surface area contributed by atoms with E-state index in [1.807, 2.05) is 0 Å². The summed E-state index contributed by atoms with van der Waals surface area (Å²) in [6.45, 7) is 6.11. The van der Waals surface area contributed by atoms with Crippen LogP contribution in [0.3, 0.4) is 0 Å². The zero-order valence-corrected chi connectivity index (χ0v) is 19.7. The summed E-state index contributed by atoms with van der Waals surface area (Å²) in [6, 6.07) is 0. The molecule has 1 aliphatic heterocycles. The first kappa shape index (κ1) is 20.8. The van der Waals surface area contributed by atoms with Crippen LogP contribution in [-0.4, -0.2) is 36.5 Å². The Morgan fingerprint density at radius 3 is 2.13 bits per heavy atom. The molecule has 2 bridgehead atoms. The lowest BCUT2D eigenvalue weighted by molar-refractivity contribution is -0.183. The van der Waals surface area contributed by atoms with E-state index in [9.17, 15) is 4.79 Å². The van der Waals surface area contributed by atoms with Gasteiger partial charge in [-0.15, -0.1) is 0 Å². The average Bonchev–Trinajstić information content (AvgIpc) is 3.47. The molecule has 174 valence electrons. The number of ether oxygens (including phenoxy) is 2. The van der Waals surface area contributed by atoms with E-state index in [1.165, 1.54) is 70.6 Å². The van der Waals surface area contributed by atoms with Crippen molar-refractivity contribution >= 4 is 6.09 Å². The van der Waals surface area contributed by atoms with Crippen molar-refractivity contribution in [1.29, 1.82) is 0 Å². The summed E-state index contributed by atoms with van der Waals surface area (Å²) in [5.41, 5.74) is 0. The summed E-state index contributed by atoms with van der Waals surface area (Å²) in [7, 11) is 0. The number of piperidine rings is 1. The molecule has 31 heavy (non-hydrogen) atoms. The number of hydrogen-bond donors (Lipinski definition) is 0. The summed E-state index contributed by atoms with van der Waals surface area (Å²) in [4.78, 5) is 15.3. The quantitative estimate of drug-likeness (QED) is 0.507. The van der Waals surface area contributed by atoms with E-state index >= 15 is 0 Å². The number of amides is 1. The van der Waals surface area contributed by atoms with Gasteiger partial charge in [0.05, 0.1) is 6.10 Å². The topological polar surface area (TPSA) is 38.8 Å². The van der Waals surface area contributed by atoms with Crippen molar-refractivity contribution in [3.8, 4) is 0 Å². The van der Waals surface area contributed by atoms with Gasteiger partial charge in [0.1, 0.15) is 0 Å².